The van der Waals surface area contributed by atoms with Crippen molar-refractivity contribution in [2.75, 3.05) is 11.9 Å². The van der Waals surface area contributed by atoms with Crippen LogP contribution < -0.4 is 10.6 Å². The lowest BCUT2D eigenvalue weighted by Gasteiger charge is -2.45. The van der Waals surface area contributed by atoms with E-state index in [0.29, 0.717) is 17.5 Å². The van der Waals surface area contributed by atoms with Crippen LogP contribution >= 0.6 is 11.6 Å². The fourth-order valence-electron chi connectivity index (χ4n) is 4.40. The first-order chi connectivity index (χ1) is 12.7. The van der Waals surface area contributed by atoms with E-state index in [1.165, 1.54) is 0 Å². The molecule has 2 aromatic rings. The zero-order valence-corrected chi connectivity index (χ0v) is 16.5. The summed E-state index contributed by atoms with van der Waals surface area (Å²) in [4.78, 5) is 34.0. The van der Waals surface area contributed by atoms with Crippen molar-refractivity contribution >= 4 is 40.4 Å². The lowest BCUT2D eigenvalue weighted by atomic mass is 9.63. The number of carbonyl (C=O) groups is 1. The molecular formula is C19H24ClN5O2. The average molecular weight is 390 g/mol. The molecule has 2 amide bonds. The van der Waals surface area contributed by atoms with Crippen molar-refractivity contribution in [2.45, 2.75) is 46.1 Å². The molecule has 7 nitrogen and oxygen atoms in total. The zero-order chi connectivity index (χ0) is 19.7. The number of carbonyl (C=O) groups excluding carboxylic acids is 2. The molecule has 2 atom stereocenters. The summed E-state index contributed by atoms with van der Waals surface area (Å²) in [7, 11) is 0. The van der Waals surface area contributed by atoms with Crippen molar-refractivity contribution in [3.8, 4) is 0 Å². The van der Waals surface area contributed by atoms with Gasteiger partial charge in [0.25, 0.3) is 0 Å². The fraction of sp³-hybridized carbons (Fsp3) is 0.526. The van der Waals surface area contributed by atoms with E-state index in [1.54, 1.807) is 24.3 Å². The highest BCUT2D eigenvalue weighted by molar-refractivity contribution is 6.29. The molecule has 1 saturated carbocycles. The number of hydrogen-bond acceptors (Lipinski definition) is 4. The summed E-state index contributed by atoms with van der Waals surface area (Å²) in [5, 5.41) is 6.10. The van der Waals surface area contributed by atoms with Gasteiger partial charge < -0.3 is 15.6 Å². The van der Waals surface area contributed by atoms with E-state index in [2.05, 4.69) is 46.4 Å². The number of nitrogens with zero attached hydrogens (tertiary/aromatic N) is 2. The van der Waals surface area contributed by atoms with Crippen LogP contribution in [0.3, 0.4) is 0 Å². The topological polar surface area (TPSA) is 99.2 Å². The Morgan fingerprint density at radius 3 is 2.93 bits per heavy atom. The summed E-state index contributed by atoms with van der Waals surface area (Å²) in [6.07, 6.45) is 4.25. The molecular weight excluding hydrogens is 366 g/mol. The van der Waals surface area contributed by atoms with Crippen LogP contribution in [0.2, 0.25) is 5.28 Å². The van der Waals surface area contributed by atoms with Crippen molar-refractivity contribution in [1.82, 2.24) is 15.3 Å². The van der Waals surface area contributed by atoms with Crippen LogP contribution in [-0.2, 0) is 4.79 Å². The standard InChI is InChI=1S/C19H24ClN5O2/c1-18(2)7-13(22-11-26)8-19(3,9-18)10-21-17(27)23-12-4-5-14-15(6-12)25-16(20)24-14/h4-6,13H,7-10H2,1-3H3,(H,24,25)(H2,21,23,27). The molecule has 1 aromatic carbocycles. The smallest absolute Gasteiger partial charge is 0.319 e. The number of halogens is 1. The number of aromatic amines is 1. The van der Waals surface area contributed by atoms with Gasteiger partial charge in [0.05, 0.1) is 17.1 Å². The second-order valence-corrected chi connectivity index (χ2v) is 8.86. The molecule has 0 aliphatic heterocycles. The Hall–Kier alpha value is -2.37. The van der Waals surface area contributed by atoms with Crippen LogP contribution in [0.5, 0.6) is 0 Å². The summed E-state index contributed by atoms with van der Waals surface area (Å²) in [5.74, 6) is 0. The summed E-state index contributed by atoms with van der Waals surface area (Å²) in [5.41, 5.74) is 2.07. The van der Waals surface area contributed by atoms with Crippen molar-refractivity contribution in [2.24, 2.45) is 15.8 Å². The minimum Gasteiger partial charge on any atom is -0.337 e. The van der Waals surface area contributed by atoms with Gasteiger partial charge in [0, 0.05) is 12.2 Å². The van der Waals surface area contributed by atoms with Crippen LogP contribution in [0.4, 0.5) is 10.5 Å². The molecule has 0 bridgehead atoms. The quantitative estimate of drug-likeness (QED) is 0.538. The fourth-order valence-corrected chi connectivity index (χ4v) is 4.60. The minimum atomic E-state index is -0.278. The van der Waals surface area contributed by atoms with Crippen LogP contribution in [-0.4, -0.2) is 34.7 Å². The van der Waals surface area contributed by atoms with E-state index < -0.39 is 0 Å². The lowest BCUT2D eigenvalue weighted by molar-refractivity contribution is 0.0855. The maximum atomic E-state index is 12.3. The number of isocyanates is 1. The maximum Gasteiger partial charge on any atom is 0.319 e. The first-order valence-corrected chi connectivity index (χ1v) is 9.33. The number of nitrogens with one attached hydrogen (secondary N) is 3. The van der Waals surface area contributed by atoms with E-state index in [0.717, 1.165) is 30.3 Å². The number of anilines is 1. The highest BCUT2D eigenvalue weighted by Gasteiger charge is 2.41. The molecule has 1 aliphatic carbocycles. The number of H-pyrrole nitrogens is 1. The third kappa shape index (κ3) is 4.87. The molecule has 0 saturated heterocycles. The second kappa shape index (κ2) is 7.33. The van der Waals surface area contributed by atoms with Crippen LogP contribution in [0, 0.1) is 10.8 Å². The molecule has 1 heterocycles. The predicted molar refractivity (Wildman–Crippen MR) is 106 cm³/mol. The number of hydrogen-bond donors (Lipinski definition) is 3. The van der Waals surface area contributed by atoms with Gasteiger partial charge in [0.1, 0.15) is 0 Å². The normalized spacial score (nSPS) is 24.2. The Kier molecular flexibility index (Phi) is 5.27. The zero-order valence-electron chi connectivity index (χ0n) is 15.7. The number of benzene rings is 1. The van der Waals surface area contributed by atoms with Crippen molar-refractivity contribution in [3.63, 3.8) is 0 Å². The van der Waals surface area contributed by atoms with Crippen molar-refractivity contribution in [3.05, 3.63) is 23.5 Å². The Bertz CT molecular complexity index is 903. The molecule has 2 unspecified atom stereocenters. The SMILES string of the molecule is CC1(C)CC(N=C=O)CC(C)(CNC(=O)Nc2ccc3nc(Cl)[nH]c3c2)C1. The first kappa shape index (κ1) is 19.4. The van der Waals surface area contributed by atoms with Crippen LogP contribution in [0.25, 0.3) is 11.0 Å². The number of aliphatic imine (C=N–C) groups is 1. The summed E-state index contributed by atoms with van der Waals surface area (Å²) >= 11 is 5.85. The van der Waals surface area contributed by atoms with Crippen molar-refractivity contribution in [1.29, 1.82) is 0 Å². The van der Waals surface area contributed by atoms with Gasteiger partial charge in [0.2, 0.25) is 11.4 Å². The van der Waals surface area contributed by atoms with E-state index in [4.69, 9.17) is 11.6 Å². The number of amides is 2. The number of urea groups is 1. The Balaban J connectivity index is 1.62. The molecule has 1 fully saturated rings. The highest BCUT2D eigenvalue weighted by atomic mass is 35.5. The molecule has 144 valence electrons. The van der Waals surface area contributed by atoms with Crippen LogP contribution in [0.15, 0.2) is 23.2 Å². The number of aromatic nitrogens is 2. The number of fused-ring (bicyclic) bond motifs is 1. The molecule has 0 spiro atoms. The average Bonchev–Trinajstić information content (AvgIpc) is 2.91. The molecule has 0 radical (unpaired) electrons. The number of imidazole rings is 1. The first-order valence-electron chi connectivity index (χ1n) is 8.95. The number of rotatable bonds is 4. The largest absolute Gasteiger partial charge is 0.337 e. The van der Waals surface area contributed by atoms with Crippen molar-refractivity contribution < 1.29 is 9.59 Å². The monoisotopic (exact) mass is 389 g/mol. The van der Waals surface area contributed by atoms with E-state index in [-0.39, 0.29) is 22.9 Å². The molecule has 27 heavy (non-hydrogen) atoms. The molecule has 8 heteroatoms. The third-order valence-corrected chi connectivity index (χ3v) is 5.22. The highest BCUT2D eigenvalue weighted by Crippen LogP contribution is 2.46. The summed E-state index contributed by atoms with van der Waals surface area (Å²) in [6, 6.07) is 5.03. The van der Waals surface area contributed by atoms with Gasteiger partial charge in [-0.1, -0.05) is 20.8 Å². The van der Waals surface area contributed by atoms with E-state index in [1.807, 2.05) is 0 Å². The maximum absolute atomic E-state index is 12.3. The van der Waals surface area contributed by atoms with Gasteiger partial charge in [-0.05, 0) is 59.9 Å². The minimum absolute atomic E-state index is 0.0476. The third-order valence-electron chi connectivity index (χ3n) is 5.04. The predicted octanol–water partition coefficient (Wildman–Crippen LogP) is 4.26. The van der Waals surface area contributed by atoms with E-state index >= 15 is 0 Å². The lowest BCUT2D eigenvalue weighted by Crippen LogP contribution is -2.45. The molecule has 3 rings (SSSR count). The molecule has 1 aliphatic rings. The Labute approximate surface area is 163 Å². The summed E-state index contributed by atoms with van der Waals surface area (Å²) < 4.78 is 0. The van der Waals surface area contributed by atoms with Gasteiger partial charge in [-0.15, -0.1) is 0 Å². The van der Waals surface area contributed by atoms with E-state index in [9.17, 15) is 9.59 Å². The second-order valence-electron chi connectivity index (χ2n) is 8.50. The summed E-state index contributed by atoms with van der Waals surface area (Å²) in [6.45, 7) is 6.97. The van der Waals surface area contributed by atoms with Gasteiger partial charge in [-0.2, -0.15) is 0 Å². The molecule has 1 aromatic heterocycles. The van der Waals surface area contributed by atoms with Gasteiger partial charge >= 0.3 is 6.03 Å². The van der Waals surface area contributed by atoms with Crippen LogP contribution in [0.1, 0.15) is 40.0 Å². The Morgan fingerprint density at radius 2 is 2.19 bits per heavy atom. The van der Waals surface area contributed by atoms with Gasteiger partial charge in [-0.3, -0.25) is 0 Å². The van der Waals surface area contributed by atoms with Gasteiger partial charge in [-0.25, -0.2) is 19.6 Å². The molecule has 3 N–H and O–H groups in total. The van der Waals surface area contributed by atoms with Gasteiger partial charge in [0.15, 0.2) is 0 Å². The Morgan fingerprint density at radius 1 is 1.41 bits per heavy atom.